The normalized spacial score (nSPS) is 54.8. The van der Waals surface area contributed by atoms with Crippen LogP contribution in [0.2, 0.25) is 0 Å². The maximum Gasteiger partial charge on any atom is 0.0637 e. The molecule has 0 radical (unpaired) electrons. The van der Waals surface area contributed by atoms with Gasteiger partial charge in [0.1, 0.15) is 0 Å². The predicted octanol–water partition coefficient (Wildman–Crippen LogP) is 5.00. The smallest absolute Gasteiger partial charge is 0.0637 e. The van der Waals surface area contributed by atoms with E-state index in [0.29, 0.717) is 16.7 Å². The van der Waals surface area contributed by atoms with Crippen LogP contribution in [-0.4, -0.2) is 36.9 Å². The molecule has 144 valence electrons. The minimum Gasteiger partial charge on any atom is -0.392 e. The molecule has 0 aliphatic heterocycles. The van der Waals surface area contributed by atoms with Crippen LogP contribution in [0.25, 0.3) is 0 Å². The molecule has 3 heteroatoms. The van der Waals surface area contributed by atoms with E-state index in [0.717, 1.165) is 30.1 Å². The van der Waals surface area contributed by atoms with Gasteiger partial charge in [0.25, 0.3) is 0 Å². The zero-order valence-corrected chi connectivity index (χ0v) is 17.5. The molecule has 0 aromatic heterocycles. The van der Waals surface area contributed by atoms with E-state index in [-0.39, 0.29) is 11.5 Å². The Kier molecular flexibility index (Phi) is 4.78. The van der Waals surface area contributed by atoms with Gasteiger partial charge in [0.2, 0.25) is 0 Å². The summed E-state index contributed by atoms with van der Waals surface area (Å²) < 4.78 is 5.69. The molecule has 1 spiro atoms. The number of hydrogen-bond donors (Lipinski definition) is 1. The molecule has 1 N–H and O–H groups in total. The van der Waals surface area contributed by atoms with Crippen molar-refractivity contribution in [3.05, 3.63) is 0 Å². The van der Waals surface area contributed by atoms with Gasteiger partial charge in [0.05, 0.1) is 12.7 Å². The monoisotopic (exact) mass is 366 g/mol. The zero-order chi connectivity index (χ0) is 17.9. The molecule has 8 atom stereocenters. The van der Waals surface area contributed by atoms with Crippen LogP contribution >= 0.6 is 11.8 Å². The second-order valence-electron chi connectivity index (χ2n) is 10.4. The van der Waals surface area contributed by atoms with Gasteiger partial charge in [-0.15, -0.1) is 0 Å². The first-order chi connectivity index (χ1) is 11.9. The van der Waals surface area contributed by atoms with Crippen molar-refractivity contribution in [3.63, 3.8) is 0 Å². The molecule has 5 aliphatic rings. The molecule has 0 saturated heterocycles. The van der Waals surface area contributed by atoms with Crippen LogP contribution in [0.15, 0.2) is 0 Å². The highest BCUT2D eigenvalue weighted by Gasteiger charge is 2.67. The van der Waals surface area contributed by atoms with Gasteiger partial charge in [-0.05, 0) is 96.9 Å². The molecular weight excluding hydrogens is 328 g/mol. The van der Waals surface area contributed by atoms with Crippen molar-refractivity contribution in [2.45, 2.75) is 71.3 Å². The van der Waals surface area contributed by atoms with E-state index in [4.69, 9.17) is 4.74 Å². The molecule has 2 bridgehead atoms. The predicted molar refractivity (Wildman–Crippen MR) is 106 cm³/mol. The van der Waals surface area contributed by atoms with Crippen molar-refractivity contribution < 1.29 is 9.84 Å². The Labute approximate surface area is 158 Å². The summed E-state index contributed by atoms with van der Waals surface area (Å²) in [4.78, 5) is 0. The summed E-state index contributed by atoms with van der Waals surface area (Å²) in [5.41, 5.74) is 0.975. The minimum absolute atomic E-state index is 0.0502. The highest BCUT2D eigenvalue weighted by Crippen LogP contribution is 2.72. The molecule has 0 aromatic carbocycles. The van der Waals surface area contributed by atoms with Crippen molar-refractivity contribution in [1.29, 1.82) is 0 Å². The Morgan fingerprint density at radius 2 is 1.84 bits per heavy atom. The van der Waals surface area contributed by atoms with Crippen LogP contribution in [0.3, 0.4) is 0 Å². The van der Waals surface area contributed by atoms with Crippen LogP contribution in [0.1, 0.15) is 65.2 Å². The molecule has 0 aromatic rings. The zero-order valence-electron chi connectivity index (χ0n) is 16.7. The average Bonchev–Trinajstić information content (AvgIpc) is 2.58. The molecule has 5 rings (SSSR count). The summed E-state index contributed by atoms with van der Waals surface area (Å²) in [5, 5.41) is 11.5. The molecule has 0 heterocycles. The summed E-state index contributed by atoms with van der Waals surface area (Å²) in [6.07, 6.45) is 12.8. The fourth-order valence-corrected chi connectivity index (χ4v) is 9.37. The van der Waals surface area contributed by atoms with Crippen LogP contribution in [-0.2, 0) is 4.74 Å². The fourth-order valence-electron chi connectivity index (χ4n) is 8.53. The molecule has 6 unspecified atom stereocenters. The van der Waals surface area contributed by atoms with Gasteiger partial charge < -0.3 is 9.84 Å². The van der Waals surface area contributed by atoms with Gasteiger partial charge in [0.15, 0.2) is 0 Å². The van der Waals surface area contributed by atoms with Gasteiger partial charge in [-0.25, -0.2) is 0 Å². The summed E-state index contributed by atoms with van der Waals surface area (Å²) in [5.74, 6) is 3.98. The van der Waals surface area contributed by atoms with E-state index >= 15 is 0 Å². The number of fused-ring (bicyclic) bond motifs is 3. The first-order valence-electron chi connectivity index (χ1n) is 10.6. The second kappa shape index (κ2) is 6.41. The fraction of sp³-hybridized carbons (Fsp3) is 1.00. The quantitative estimate of drug-likeness (QED) is 0.759. The third kappa shape index (κ3) is 2.51. The van der Waals surface area contributed by atoms with Crippen molar-refractivity contribution in [1.82, 2.24) is 0 Å². The van der Waals surface area contributed by atoms with Crippen LogP contribution in [0.5, 0.6) is 0 Å². The largest absolute Gasteiger partial charge is 0.392 e. The van der Waals surface area contributed by atoms with Crippen LogP contribution in [0, 0.1) is 39.9 Å². The van der Waals surface area contributed by atoms with Crippen molar-refractivity contribution in [2.24, 2.45) is 39.9 Å². The van der Waals surface area contributed by atoms with E-state index in [9.17, 15) is 5.11 Å². The van der Waals surface area contributed by atoms with Crippen molar-refractivity contribution in [2.75, 3.05) is 25.7 Å². The lowest BCUT2D eigenvalue weighted by Crippen LogP contribution is -2.66. The second-order valence-corrected chi connectivity index (χ2v) is 11.3. The SMILES string of the molecule is COC[C@]1(C)CCC[C@@]2(C)C3CC4CCC3(CCC12)C(O)C4CSC. The standard InChI is InChI=1S/C22H38O2S/c1-20(14-24-3)8-5-9-21(2)17(20)7-11-22-10-6-15(12-18(21)22)16(13-25-4)19(22)23/h15-19,23H,5-14H2,1-4H3/t15?,16?,17?,18?,19?,20-,21+,22?/m0/s1. The highest BCUT2D eigenvalue weighted by molar-refractivity contribution is 7.98. The van der Waals surface area contributed by atoms with E-state index in [2.05, 4.69) is 20.1 Å². The molecule has 0 amide bonds. The minimum atomic E-state index is -0.0502. The summed E-state index contributed by atoms with van der Waals surface area (Å²) in [6.45, 7) is 6.01. The van der Waals surface area contributed by atoms with Gasteiger partial charge in [0, 0.05) is 7.11 Å². The van der Waals surface area contributed by atoms with Crippen LogP contribution in [0.4, 0.5) is 0 Å². The Morgan fingerprint density at radius 1 is 1.08 bits per heavy atom. The molecular formula is C22H38O2S. The van der Waals surface area contributed by atoms with Gasteiger partial charge in [-0.3, -0.25) is 0 Å². The molecule has 5 fully saturated rings. The number of aliphatic hydroxyl groups excluding tert-OH is 1. The number of aliphatic hydroxyl groups is 1. The van der Waals surface area contributed by atoms with Gasteiger partial charge in [-0.2, -0.15) is 11.8 Å². The number of ether oxygens (including phenoxy) is 1. The Morgan fingerprint density at radius 3 is 2.56 bits per heavy atom. The van der Waals surface area contributed by atoms with E-state index in [1.165, 1.54) is 51.4 Å². The summed E-state index contributed by atoms with van der Waals surface area (Å²) >= 11 is 1.94. The van der Waals surface area contributed by atoms with Gasteiger partial charge in [-0.1, -0.05) is 20.3 Å². The summed E-state index contributed by atoms with van der Waals surface area (Å²) in [6, 6.07) is 0. The Hall–Kier alpha value is 0.270. The van der Waals surface area contributed by atoms with E-state index < -0.39 is 0 Å². The topological polar surface area (TPSA) is 29.5 Å². The number of methoxy groups -OCH3 is 1. The Bertz CT molecular complexity index is 506. The van der Waals surface area contributed by atoms with E-state index in [1.807, 2.05) is 18.9 Å². The Balaban J connectivity index is 1.68. The van der Waals surface area contributed by atoms with Crippen molar-refractivity contribution >= 4 is 11.8 Å². The van der Waals surface area contributed by atoms with Gasteiger partial charge >= 0.3 is 0 Å². The molecule has 5 aliphatic carbocycles. The lowest BCUT2D eigenvalue weighted by atomic mass is 9.35. The molecule has 2 nitrogen and oxygen atoms in total. The summed E-state index contributed by atoms with van der Waals surface area (Å²) in [7, 11) is 1.88. The first kappa shape index (κ1) is 18.6. The molecule has 5 saturated carbocycles. The third-order valence-electron chi connectivity index (χ3n) is 9.44. The number of rotatable bonds is 4. The van der Waals surface area contributed by atoms with Crippen LogP contribution < -0.4 is 0 Å². The first-order valence-corrected chi connectivity index (χ1v) is 12.0. The maximum absolute atomic E-state index is 11.5. The molecule has 25 heavy (non-hydrogen) atoms. The highest BCUT2D eigenvalue weighted by atomic mass is 32.2. The van der Waals surface area contributed by atoms with E-state index in [1.54, 1.807) is 0 Å². The lowest BCUT2D eigenvalue weighted by Gasteiger charge is -2.70. The maximum atomic E-state index is 11.5. The number of thioether (sulfide) groups is 1. The van der Waals surface area contributed by atoms with Crippen molar-refractivity contribution in [3.8, 4) is 0 Å². The lowest BCUT2D eigenvalue weighted by molar-refractivity contribution is -0.243. The third-order valence-corrected chi connectivity index (χ3v) is 10.2. The average molecular weight is 367 g/mol. The number of hydrogen-bond acceptors (Lipinski definition) is 3.